The molecular weight excluding hydrogens is 862 g/mol. The minimum atomic E-state index is -4.63. The first-order chi connectivity index (χ1) is 32.7. The molecule has 0 aliphatic rings. The molecule has 67 heavy (non-hydrogen) atoms. The Bertz CT molecular complexity index is 1340. The third-order valence-electron chi connectivity index (χ3n) is 11.5. The number of esters is 1. The van der Waals surface area contributed by atoms with Gasteiger partial charge in [-0.2, -0.15) is 0 Å². The van der Waals surface area contributed by atoms with Gasteiger partial charge in [-0.05, 0) is 83.5 Å². The summed E-state index contributed by atoms with van der Waals surface area (Å²) in [7, 11) is -4.63. The van der Waals surface area contributed by atoms with E-state index in [0.29, 0.717) is 13.0 Å². The molecule has 0 aliphatic heterocycles. The number of allylic oxidation sites excluding steroid dienone is 12. The fraction of sp³-hybridized carbons (Fsp3) is 0.750. The van der Waals surface area contributed by atoms with Crippen molar-refractivity contribution in [2.45, 2.75) is 244 Å². The van der Waals surface area contributed by atoms with Crippen molar-refractivity contribution in [3.8, 4) is 0 Å². The molecule has 0 rings (SSSR count). The second-order valence-electron chi connectivity index (χ2n) is 18.0. The van der Waals surface area contributed by atoms with Crippen LogP contribution in [-0.2, 0) is 32.7 Å². The van der Waals surface area contributed by atoms with Crippen molar-refractivity contribution in [1.82, 2.24) is 0 Å². The molecule has 0 heterocycles. The molecule has 388 valence electrons. The average molecular weight is 962 g/mol. The smallest absolute Gasteiger partial charge is 0.472 e. The van der Waals surface area contributed by atoms with Crippen molar-refractivity contribution in [2.24, 2.45) is 5.73 Å². The van der Waals surface area contributed by atoms with E-state index in [9.17, 15) is 19.0 Å². The van der Waals surface area contributed by atoms with Crippen LogP contribution in [0.1, 0.15) is 232 Å². The van der Waals surface area contributed by atoms with Crippen molar-refractivity contribution < 1.29 is 42.7 Å². The highest BCUT2D eigenvalue weighted by Gasteiger charge is 2.27. The summed E-state index contributed by atoms with van der Waals surface area (Å²) in [6.45, 7) is 3.76. The first-order valence-corrected chi connectivity index (χ1v) is 28.5. The molecule has 3 unspecified atom stereocenters. The predicted molar refractivity (Wildman–Crippen MR) is 281 cm³/mol. The Kier molecular flexibility index (Phi) is 49.3. The largest absolute Gasteiger partial charge is 0.480 e. The number of hydrogen-bond donors (Lipinski definition) is 3. The maximum Gasteiger partial charge on any atom is 0.472 e. The van der Waals surface area contributed by atoms with Crippen molar-refractivity contribution in [3.05, 3.63) is 72.9 Å². The minimum absolute atomic E-state index is 0.00619. The maximum atomic E-state index is 12.7. The Balaban J connectivity index is 4.15. The molecule has 0 spiro atoms. The molecule has 11 heteroatoms. The molecule has 4 N–H and O–H groups in total. The molecule has 3 atom stereocenters. The van der Waals surface area contributed by atoms with E-state index in [1.54, 1.807) is 0 Å². The SMILES string of the molecule is CC/C=C\C/C=C\C/C=C\C/C=C\C/C=C\CCCCCCCC(=O)OC(COCCCCCCCCCCCCCC/C=C\CCCCCCCCCC)COP(=O)(O)OCC(N)C(=O)O. The van der Waals surface area contributed by atoms with Gasteiger partial charge in [0.05, 0.1) is 19.8 Å². The molecule has 0 aromatic heterocycles. The predicted octanol–water partition coefficient (Wildman–Crippen LogP) is 16.1. The van der Waals surface area contributed by atoms with Gasteiger partial charge < -0.3 is 25.2 Å². The Morgan fingerprint density at radius 3 is 1.31 bits per heavy atom. The first kappa shape index (κ1) is 64.4. The van der Waals surface area contributed by atoms with Crippen molar-refractivity contribution in [1.29, 1.82) is 0 Å². The lowest BCUT2D eigenvalue weighted by molar-refractivity contribution is -0.154. The van der Waals surface area contributed by atoms with E-state index in [0.717, 1.165) is 83.5 Å². The monoisotopic (exact) mass is 962 g/mol. The number of carboxylic acid groups (broad SMARTS) is 1. The fourth-order valence-corrected chi connectivity index (χ4v) is 8.11. The zero-order valence-electron chi connectivity index (χ0n) is 42.7. The third kappa shape index (κ3) is 51.1. The molecule has 10 nitrogen and oxygen atoms in total. The van der Waals surface area contributed by atoms with Gasteiger partial charge in [-0.1, -0.05) is 215 Å². The standard InChI is InChI=1S/C56H100NO9P/c1-3-5-7-9-11-13-15-17-19-21-23-25-26-27-29-31-33-35-37-39-41-43-45-47-49-63-50-53(51-64-67(61,62)65-52-54(57)56(59)60)66-55(58)48-46-44-42-40-38-36-34-32-30-28-24-22-20-18-16-14-12-10-8-6-4-2/h6,8,12,14,18,20-21,23-24,28,32,34,53-54H,3-5,7,9-11,13,15-17,19,22,25-27,29-31,33,35-52,57H2,1-2H3,(H,59,60)(H,61,62)/b8-6-,14-12-,20-18-,23-21-,28-24-,34-32-. The summed E-state index contributed by atoms with van der Waals surface area (Å²) in [5.74, 6) is -1.80. The van der Waals surface area contributed by atoms with Crippen LogP contribution < -0.4 is 5.73 Å². The van der Waals surface area contributed by atoms with Gasteiger partial charge in [0.25, 0.3) is 0 Å². The second-order valence-corrected chi connectivity index (χ2v) is 19.4. The van der Waals surface area contributed by atoms with E-state index in [4.69, 9.17) is 29.4 Å². The van der Waals surface area contributed by atoms with Crippen LogP contribution in [0.2, 0.25) is 0 Å². The maximum absolute atomic E-state index is 12.7. The summed E-state index contributed by atoms with van der Waals surface area (Å²) < 4.78 is 33.5. The number of ether oxygens (including phenoxy) is 2. The number of phosphoric acid groups is 1. The highest BCUT2D eigenvalue weighted by Crippen LogP contribution is 2.43. The Hall–Kier alpha value is -2.59. The molecule has 0 aromatic carbocycles. The Labute approximate surface area is 410 Å². The summed E-state index contributed by atoms with van der Waals surface area (Å²) in [6, 6.07) is -1.48. The topological polar surface area (TPSA) is 155 Å². The zero-order valence-corrected chi connectivity index (χ0v) is 43.6. The van der Waals surface area contributed by atoms with E-state index in [-0.39, 0.29) is 13.0 Å². The minimum Gasteiger partial charge on any atom is -0.480 e. The van der Waals surface area contributed by atoms with E-state index in [1.165, 1.54) is 122 Å². The lowest BCUT2D eigenvalue weighted by atomic mass is 10.0. The van der Waals surface area contributed by atoms with E-state index in [2.05, 4.69) is 86.8 Å². The number of phosphoric ester groups is 1. The van der Waals surface area contributed by atoms with Crippen molar-refractivity contribution >= 4 is 19.8 Å². The summed E-state index contributed by atoms with van der Waals surface area (Å²) in [6.07, 6.45) is 65.4. The normalized spacial score (nSPS) is 14.2. The van der Waals surface area contributed by atoms with Gasteiger partial charge in [-0.25, -0.2) is 4.57 Å². The number of carboxylic acids is 1. The third-order valence-corrected chi connectivity index (χ3v) is 12.4. The summed E-state index contributed by atoms with van der Waals surface area (Å²) in [5.41, 5.74) is 5.38. The fourth-order valence-electron chi connectivity index (χ4n) is 7.33. The number of carbonyl (C=O) groups is 2. The quantitative estimate of drug-likeness (QED) is 0.0232. The van der Waals surface area contributed by atoms with Crippen LogP contribution in [0.15, 0.2) is 72.9 Å². The Morgan fingerprint density at radius 2 is 0.866 bits per heavy atom. The van der Waals surface area contributed by atoms with Gasteiger partial charge in [-0.15, -0.1) is 0 Å². The van der Waals surface area contributed by atoms with Crippen LogP contribution in [0.3, 0.4) is 0 Å². The zero-order chi connectivity index (χ0) is 49.0. The van der Waals surface area contributed by atoms with Gasteiger partial charge in [0, 0.05) is 13.0 Å². The average Bonchev–Trinajstić information content (AvgIpc) is 3.31. The number of hydrogen-bond acceptors (Lipinski definition) is 8. The molecule has 0 aliphatic carbocycles. The van der Waals surface area contributed by atoms with Gasteiger partial charge in [0.15, 0.2) is 0 Å². The summed E-state index contributed by atoms with van der Waals surface area (Å²) in [4.78, 5) is 33.7. The van der Waals surface area contributed by atoms with Crippen LogP contribution in [0, 0.1) is 0 Å². The number of nitrogens with two attached hydrogens (primary N) is 1. The lowest BCUT2D eigenvalue weighted by Crippen LogP contribution is -2.34. The first-order valence-electron chi connectivity index (χ1n) is 27.0. The van der Waals surface area contributed by atoms with Crippen LogP contribution >= 0.6 is 7.82 Å². The molecule has 0 aromatic rings. The number of aliphatic carboxylic acids is 1. The molecule has 0 bridgehead atoms. The van der Waals surface area contributed by atoms with Gasteiger partial charge in [-0.3, -0.25) is 18.6 Å². The van der Waals surface area contributed by atoms with Crippen LogP contribution in [0.25, 0.3) is 0 Å². The van der Waals surface area contributed by atoms with Crippen LogP contribution in [0.4, 0.5) is 0 Å². The number of carbonyl (C=O) groups excluding carboxylic acids is 1. The molecular formula is C56H100NO9P. The van der Waals surface area contributed by atoms with E-state index < -0.39 is 45.1 Å². The molecule has 0 amide bonds. The highest BCUT2D eigenvalue weighted by atomic mass is 31.2. The summed E-state index contributed by atoms with van der Waals surface area (Å²) in [5, 5.41) is 8.94. The second kappa shape index (κ2) is 51.3. The van der Waals surface area contributed by atoms with Crippen molar-refractivity contribution in [3.63, 3.8) is 0 Å². The molecule has 0 radical (unpaired) electrons. The Morgan fingerprint density at radius 1 is 0.493 bits per heavy atom. The molecule has 0 saturated carbocycles. The molecule has 0 saturated heterocycles. The lowest BCUT2D eigenvalue weighted by Gasteiger charge is -2.20. The van der Waals surface area contributed by atoms with E-state index in [1.807, 2.05) is 0 Å². The van der Waals surface area contributed by atoms with Crippen LogP contribution in [0.5, 0.6) is 0 Å². The summed E-state index contributed by atoms with van der Waals surface area (Å²) >= 11 is 0. The van der Waals surface area contributed by atoms with Crippen molar-refractivity contribution in [2.75, 3.05) is 26.4 Å². The number of unbranched alkanes of at least 4 members (excludes halogenated alkanes) is 25. The highest BCUT2D eigenvalue weighted by molar-refractivity contribution is 7.47. The van der Waals surface area contributed by atoms with Gasteiger partial charge in [0.2, 0.25) is 0 Å². The van der Waals surface area contributed by atoms with E-state index >= 15 is 0 Å². The van der Waals surface area contributed by atoms with Gasteiger partial charge in [0.1, 0.15) is 12.1 Å². The molecule has 0 fully saturated rings. The van der Waals surface area contributed by atoms with Gasteiger partial charge >= 0.3 is 19.8 Å². The number of rotatable bonds is 51. The van der Waals surface area contributed by atoms with Crippen LogP contribution in [-0.4, -0.2) is 60.5 Å².